The Morgan fingerprint density at radius 1 is 1.17 bits per heavy atom. The van der Waals surface area contributed by atoms with Crippen LogP contribution in [-0.2, 0) is 6.54 Å². The second kappa shape index (κ2) is 7.98. The maximum Gasteiger partial charge on any atom is 0.200 e. The van der Waals surface area contributed by atoms with Gasteiger partial charge in [-0.1, -0.05) is 42.1 Å². The SMILES string of the molecule is OCC(O)CSc1nnc(-c2ccc(Br)o2)n1Cc1ccccc1. The first-order chi connectivity index (χ1) is 11.7. The minimum absolute atomic E-state index is 0.280. The zero-order valence-corrected chi connectivity index (χ0v) is 15.1. The first-order valence-corrected chi connectivity index (χ1v) is 9.10. The summed E-state index contributed by atoms with van der Waals surface area (Å²) in [5, 5.41) is 27.7. The molecule has 0 radical (unpaired) electrons. The summed E-state index contributed by atoms with van der Waals surface area (Å²) in [5.74, 6) is 1.57. The Morgan fingerprint density at radius 3 is 2.62 bits per heavy atom. The molecule has 6 nitrogen and oxygen atoms in total. The average molecular weight is 410 g/mol. The van der Waals surface area contributed by atoms with E-state index < -0.39 is 6.10 Å². The second-order valence-electron chi connectivity index (χ2n) is 5.13. The van der Waals surface area contributed by atoms with Gasteiger partial charge in [0, 0.05) is 5.75 Å². The molecule has 1 atom stereocenters. The van der Waals surface area contributed by atoms with Gasteiger partial charge in [-0.05, 0) is 33.6 Å². The lowest BCUT2D eigenvalue weighted by Gasteiger charge is -2.10. The van der Waals surface area contributed by atoms with Gasteiger partial charge in [-0.15, -0.1) is 10.2 Å². The largest absolute Gasteiger partial charge is 0.446 e. The van der Waals surface area contributed by atoms with Crippen LogP contribution in [0.5, 0.6) is 0 Å². The highest BCUT2D eigenvalue weighted by atomic mass is 79.9. The number of halogens is 1. The molecule has 0 saturated heterocycles. The van der Waals surface area contributed by atoms with E-state index in [0.717, 1.165) is 5.56 Å². The first kappa shape index (κ1) is 17.2. The summed E-state index contributed by atoms with van der Waals surface area (Å²) in [6.45, 7) is 0.302. The number of thioether (sulfide) groups is 1. The molecule has 0 bridgehead atoms. The third kappa shape index (κ3) is 4.07. The van der Waals surface area contributed by atoms with Crippen molar-refractivity contribution in [3.8, 4) is 11.6 Å². The van der Waals surface area contributed by atoms with E-state index >= 15 is 0 Å². The van der Waals surface area contributed by atoms with Crippen molar-refractivity contribution in [1.29, 1.82) is 0 Å². The molecule has 0 aliphatic carbocycles. The Bertz CT molecular complexity index is 791. The molecule has 0 fully saturated rings. The van der Waals surface area contributed by atoms with Gasteiger partial charge in [-0.3, -0.25) is 4.57 Å². The number of aliphatic hydroxyl groups excluding tert-OH is 2. The number of aliphatic hydroxyl groups is 2. The number of hydrogen-bond acceptors (Lipinski definition) is 6. The molecule has 0 amide bonds. The minimum atomic E-state index is -0.793. The Hall–Kier alpha value is -1.61. The third-order valence-electron chi connectivity index (χ3n) is 3.31. The van der Waals surface area contributed by atoms with Gasteiger partial charge in [0.2, 0.25) is 5.82 Å². The highest BCUT2D eigenvalue weighted by molar-refractivity contribution is 9.10. The van der Waals surface area contributed by atoms with Crippen molar-refractivity contribution in [2.24, 2.45) is 0 Å². The van der Waals surface area contributed by atoms with Crippen LogP contribution in [0.15, 0.2) is 56.7 Å². The number of furan rings is 1. The van der Waals surface area contributed by atoms with Gasteiger partial charge in [0.25, 0.3) is 0 Å². The van der Waals surface area contributed by atoms with E-state index in [0.29, 0.717) is 33.7 Å². The van der Waals surface area contributed by atoms with E-state index in [9.17, 15) is 5.11 Å². The van der Waals surface area contributed by atoms with Crippen LogP contribution in [0.1, 0.15) is 5.56 Å². The molecule has 0 spiro atoms. The van der Waals surface area contributed by atoms with Crippen molar-refractivity contribution in [1.82, 2.24) is 14.8 Å². The van der Waals surface area contributed by atoms with Crippen molar-refractivity contribution < 1.29 is 14.6 Å². The Balaban J connectivity index is 1.92. The zero-order chi connectivity index (χ0) is 16.9. The third-order valence-corrected chi connectivity index (χ3v) is 4.85. The highest BCUT2D eigenvalue weighted by Crippen LogP contribution is 2.28. The summed E-state index contributed by atoms with van der Waals surface area (Å²) < 4.78 is 8.16. The fourth-order valence-corrected chi connectivity index (χ4v) is 3.30. The van der Waals surface area contributed by atoms with E-state index in [1.54, 1.807) is 6.07 Å². The molecule has 3 aromatic rings. The maximum absolute atomic E-state index is 9.57. The van der Waals surface area contributed by atoms with E-state index in [4.69, 9.17) is 9.52 Å². The van der Waals surface area contributed by atoms with Crippen LogP contribution in [0, 0.1) is 0 Å². The molecule has 3 rings (SSSR count). The van der Waals surface area contributed by atoms with Crippen LogP contribution in [0.2, 0.25) is 0 Å². The number of rotatable bonds is 7. The highest BCUT2D eigenvalue weighted by Gasteiger charge is 2.18. The zero-order valence-electron chi connectivity index (χ0n) is 12.7. The van der Waals surface area contributed by atoms with Gasteiger partial charge in [0.1, 0.15) is 0 Å². The van der Waals surface area contributed by atoms with Crippen LogP contribution in [0.4, 0.5) is 0 Å². The lowest BCUT2D eigenvalue weighted by molar-refractivity contribution is 0.113. The molecule has 2 aromatic heterocycles. The van der Waals surface area contributed by atoms with Crippen LogP contribution in [-0.4, -0.2) is 43.4 Å². The van der Waals surface area contributed by atoms with Crippen molar-refractivity contribution in [3.05, 3.63) is 52.7 Å². The van der Waals surface area contributed by atoms with Crippen LogP contribution in [0.25, 0.3) is 11.6 Å². The van der Waals surface area contributed by atoms with Crippen molar-refractivity contribution in [2.45, 2.75) is 17.8 Å². The standard InChI is InChI=1S/C16H16BrN3O3S/c17-14-7-6-13(23-14)15-18-19-16(24-10-12(22)9-21)20(15)8-11-4-2-1-3-5-11/h1-7,12,21-22H,8-10H2. The number of aromatic nitrogens is 3. The van der Waals surface area contributed by atoms with Crippen molar-refractivity contribution in [2.75, 3.05) is 12.4 Å². The monoisotopic (exact) mass is 409 g/mol. The molecule has 8 heteroatoms. The molecular formula is C16H16BrN3O3S. The normalized spacial score (nSPS) is 12.5. The predicted octanol–water partition coefficient (Wildman–Crippen LogP) is 2.79. The number of benzene rings is 1. The Kier molecular flexibility index (Phi) is 5.72. The Morgan fingerprint density at radius 2 is 1.96 bits per heavy atom. The van der Waals surface area contributed by atoms with Gasteiger partial charge >= 0.3 is 0 Å². The fourth-order valence-electron chi connectivity index (χ4n) is 2.14. The Labute approximate surface area is 151 Å². The van der Waals surface area contributed by atoms with Gasteiger partial charge < -0.3 is 14.6 Å². The smallest absolute Gasteiger partial charge is 0.200 e. The second-order valence-corrected chi connectivity index (χ2v) is 6.90. The summed E-state index contributed by atoms with van der Waals surface area (Å²) >= 11 is 4.64. The van der Waals surface area contributed by atoms with Gasteiger partial charge in [0.15, 0.2) is 15.6 Å². The molecule has 126 valence electrons. The summed E-state index contributed by atoms with van der Waals surface area (Å²) in [5.41, 5.74) is 1.11. The lowest BCUT2D eigenvalue weighted by atomic mass is 10.2. The van der Waals surface area contributed by atoms with E-state index in [2.05, 4.69) is 26.1 Å². The minimum Gasteiger partial charge on any atom is -0.446 e. The lowest BCUT2D eigenvalue weighted by Crippen LogP contribution is -2.15. The molecule has 1 unspecified atom stereocenters. The van der Waals surface area contributed by atoms with Crippen LogP contribution >= 0.6 is 27.7 Å². The van der Waals surface area contributed by atoms with Gasteiger partial charge in [0.05, 0.1) is 19.3 Å². The first-order valence-electron chi connectivity index (χ1n) is 7.32. The van der Waals surface area contributed by atoms with Crippen LogP contribution < -0.4 is 0 Å². The molecule has 24 heavy (non-hydrogen) atoms. The van der Waals surface area contributed by atoms with E-state index in [1.165, 1.54) is 11.8 Å². The quantitative estimate of drug-likeness (QED) is 0.583. The molecule has 2 N–H and O–H groups in total. The van der Waals surface area contributed by atoms with Crippen molar-refractivity contribution in [3.63, 3.8) is 0 Å². The molecule has 0 saturated carbocycles. The predicted molar refractivity (Wildman–Crippen MR) is 94.8 cm³/mol. The van der Waals surface area contributed by atoms with Gasteiger partial charge in [-0.25, -0.2) is 0 Å². The number of nitrogens with zero attached hydrogens (tertiary/aromatic N) is 3. The maximum atomic E-state index is 9.57. The molecule has 0 aliphatic heterocycles. The molecule has 2 heterocycles. The number of hydrogen-bond donors (Lipinski definition) is 2. The molecular weight excluding hydrogens is 394 g/mol. The van der Waals surface area contributed by atoms with Crippen LogP contribution in [0.3, 0.4) is 0 Å². The topological polar surface area (TPSA) is 84.3 Å². The van der Waals surface area contributed by atoms with E-state index in [-0.39, 0.29) is 6.61 Å². The summed E-state index contributed by atoms with van der Waals surface area (Å²) in [6.07, 6.45) is -0.793. The molecule has 0 aliphatic rings. The van der Waals surface area contributed by atoms with E-state index in [1.807, 2.05) is 41.0 Å². The summed E-state index contributed by atoms with van der Waals surface area (Å²) in [7, 11) is 0. The fraction of sp³-hybridized carbons (Fsp3) is 0.250. The summed E-state index contributed by atoms with van der Waals surface area (Å²) in [4.78, 5) is 0. The summed E-state index contributed by atoms with van der Waals surface area (Å²) in [6, 6.07) is 13.6. The molecule has 1 aromatic carbocycles. The van der Waals surface area contributed by atoms with Gasteiger partial charge in [-0.2, -0.15) is 0 Å². The van der Waals surface area contributed by atoms with Crippen molar-refractivity contribution >= 4 is 27.7 Å². The average Bonchev–Trinajstić information content (AvgIpc) is 3.20.